The molecule has 2 N–H and O–H groups in total. The van der Waals surface area contributed by atoms with Crippen LogP contribution in [0.25, 0.3) is 0 Å². The van der Waals surface area contributed by atoms with Gasteiger partial charge in [-0.05, 0) is 24.3 Å². The van der Waals surface area contributed by atoms with Crippen LogP contribution in [0.15, 0.2) is 30.3 Å². The van der Waals surface area contributed by atoms with E-state index in [1.165, 1.54) is 31.4 Å². The molecule has 2 fully saturated rings. The van der Waals surface area contributed by atoms with Crippen LogP contribution in [0.3, 0.4) is 0 Å². The minimum atomic E-state index is 0.317. The van der Waals surface area contributed by atoms with Gasteiger partial charge in [0.05, 0.1) is 0 Å². The molecule has 1 saturated carbocycles. The molecule has 2 atom stereocenters. The first-order valence-electron chi connectivity index (χ1n) is 6.86. The third-order valence-electron chi connectivity index (χ3n) is 4.41. The highest BCUT2D eigenvalue weighted by atomic mass is 15.2. The lowest BCUT2D eigenvalue weighted by Crippen LogP contribution is -2.33. The minimum absolute atomic E-state index is 0.317. The molecular formula is C15H22N2. The third kappa shape index (κ3) is 2.38. The van der Waals surface area contributed by atoms with Crippen molar-refractivity contribution >= 4 is 0 Å². The zero-order chi connectivity index (χ0) is 11.7. The molecule has 1 aromatic rings. The topological polar surface area (TPSA) is 29.3 Å². The van der Waals surface area contributed by atoms with Crippen LogP contribution in [-0.2, 0) is 0 Å². The third-order valence-corrected chi connectivity index (χ3v) is 4.41. The summed E-state index contributed by atoms with van der Waals surface area (Å²) in [7, 11) is 0. The second-order valence-corrected chi connectivity index (χ2v) is 5.70. The zero-order valence-electron chi connectivity index (χ0n) is 10.4. The highest BCUT2D eigenvalue weighted by molar-refractivity contribution is 5.23. The van der Waals surface area contributed by atoms with E-state index in [4.69, 9.17) is 5.73 Å². The average Bonchev–Trinajstić information content (AvgIpc) is 2.66. The maximum atomic E-state index is 6.29. The lowest BCUT2D eigenvalue weighted by molar-refractivity contribution is 0.202. The van der Waals surface area contributed by atoms with Crippen LogP contribution in [0.5, 0.6) is 0 Å². The van der Waals surface area contributed by atoms with Crippen LogP contribution in [0, 0.1) is 5.92 Å². The molecule has 1 aromatic carbocycles. The van der Waals surface area contributed by atoms with Crippen molar-refractivity contribution in [2.45, 2.75) is 31.2 Å². The summed E-state index contributed by atoms with van der Waals surface area (Å²) in [5.41, 5.74) is 7.71. The number of likely N-dealkylation sites (tertiary alicyclic amines) is 1. The van der Waals surface area contributed by atoms with Crippen molar-refractivity contribution in [1.29, 1.82) is 0 Å². The van der Waals surface area contributed by atoms with Gasteiger partial charge in [0.2, 0.25) is 0 Å². The summed E-state index contributed by atoms with van der Waals surface area (Å²) in [6.07, 6.45) is 4.30. The van der Waals surface area contributed by atoms with E-state index in [2.05, 4.69) is 35.2 Å². The molecule has 92 valence electrons. The quantitative estimate of drug-likeness (QED) is 0.862. The Morgan fingerprint density at radius 2 is 1.88 bits per heavy atom. The lowest BCUT2D eigenvalue weighted by atomic mass is 9.85. The largest absolute Gasteiger partial charge is 0.326 e. The number of hydrogen-bond donors (Lipinski definition) is 1. The van der Waals surface area contributed by atoms with Crippen molar-refractivity contribution in [3.63, 3.8) is 0 Å². The molecular weight excluding hydrogens is 208 g/mol. The highest BCUT2D eigenvalue weighted by Gasteiger charge is 2.33. The monoisotopic (exact) mass is 230 g/mol. The van der Waals surface area contributed by atoms with Gasteiger partial charge < -0.3 is 10.6 Å². The smallest absolute Gasteiger partial charge is 0.0249 e. The molecule has 2 heteroatoms. The summed E-state index contributed by atoms with van der Waals surface area (Å²) in [6, 6.07) is 11.1. The summed E-state index contributed by atoms with van der Waals surface area (Å²) in [5, 5.41) is 0. The Balaban J connectivity index is 1.63. The van der Waals surface area contributed by atoms with Crippen LogP contribution in [0.2, 0.25) is 0 Å². The molecule has 1 heterocycles. The van der Waals surface area contributed by atoms with Gasteiger partial charge in [-0.2, -0.15) is 0 Å². The molecule has 0 unspecified atom stereocenters. The minimum Gasteiger partial charge on any atom is -0.326 e. The predicted octanol–water partition coefficient (Wildman–Crippen LogP) is 2.21. The van der Waals surface area contributed by atoms with Gasteiger partial charge in [0, 0.05) is 31.6 Å². The molecule has 0 spiro atoms. The van der Waals surface area contributed by atoms with E-state index in [0.29, 0.717) is 12.0 Å². The van der Waals surface area contributed by atoms with E-state index in [1.54, 1.807) is 0 Å². The van der Waals surface area contributed by atoms with E-state index in [0.717, 1.165) is 19.0 Å². The van der Waals surface area contributed by atoms with E-state index >= 15 is 0 Å². The van der Waals surface area contributed by atoms with Crippen molar-refractivity contribution in [2.24, 2.45) is 11.7 Å². The van der Waals surface area contributed by atoms with Gasteiger partial charge in [-0.15, -0.1) is 0 Å². The van der Waals surface area contributed by atoms with E-state index < -0.39 is 0 Å². The van der Waals surface area contributed by atoms with Crippen LogP contribution in [0.1, 0.15) is 30.7 Å². The molecule has 0 amide bonds. The van der Waals surface area contributed by atoms with E-state index in [1.807, 2.05) is 0 Å². The van der Waals surface area contributed by atoms with E-state index in [-0.39, 0.29) is 0 Å². The fourth-order valence-electron chi connectivity index (χ4n) is 3.16. The van der Waals surface area contributed by atoms with Crippen LogP contribution in [-0.4, -0.2) is 30.6 Å². The normalized spacial score (nSPS) is 30.4. The molecule has 1 aliphatic heterocycles. The van der Waals surface area contributed by atoms with Crippen LogP contribution in [0.4, 0.5) is 0 Å². The Labute approximate surface area is 104 Å². The van der Waals surface area contributed by atoms with Crippen LogP contribution >= 0.6 is 0 Å². The summed E-state index contributed by atoms with van der Waals surface area (Å²) < 4.78 is 0. The Hall–Kier alpha value is -0.860. The first-order chi connectivity index (χ1) is 8.33. The molecule has 1 aliphatic carbocycles. The molecule has 0 radical (unpaired) electrons. The van der Waals surface area contributed by atoms with Crippen molar-refractivity contribution in [2.75, 3.05) is 19.6 Å². The van der Waals surface area contributed by atoms with Gasteiger partial charge in [0.15, 0.2) is 0 Å². The van der Waals surface area contributed by atoms with Gasteiger partial charge in [0.1, 0.15) is 0 Å². The van der Waals surface area contributed by atoms with Crippen molar-refractivity contribution in [1.82, 2.24) is 4.90 Å². The number of rotatable bonds is 3. The maximum Gasteiger partial charge on any atom is 0.0249 e. The van der Waals surface area contributed by atoms with Crippen LogP contribution < -0.4 is 5.73 Å². The Morgan fingerprint density at radius 3 is 2.53 bits per heavy atom. The fraction of sp³-hybridized carbons (Fsp3) is 0.600. The van der Waals surface area contributed by atoms with Gasteiger partial charge in [-0.1, -0.05) is 36.8 Å². The number of benzene rings is 1. The van der Waals surface area contributed by atoms with Gasteiger partial charge in [0.25, 0.3) is 0 Å². The second kappa shape index (κ2) is 4.79. The first-order valence-corrected chi connectivity index (χ1v) is 6.86. The number of hydrogen-bond acceptors (Lipinski definition) is 2. The molecule has 3 rings (SSSR count). The Kier molecular flexibility index (Phi) is 3.17. The standard InChI is InChI=1S/C15H22N2/c16-15-11-17(9-12-5-4-6-12)10-14(15)13-7-2-1-3-8-13/h1-3,7-8,12,14-15H,4-6,9-11,16H2/t14-,15+/m0/s1. The van der Waals surface area contributed by atoms with Gasteiger partial charge in [-0.3, -0.25) is 0 Å². The molecule has 0 bridgehead atoms. The van der Waals surface area contributed by atoms with Crippen molar-refractivity contribution < 1.29 is 0 Å². The SMILES string of the molecule is N[C@@H]1CN(CC2CCC2)C[C@H]1c1ccccc1. The molecule has 2 nitrogen and oxygen atoms in total. The molecule has 17 heavy (non-hydrogen) atoms. The predicted molar refractivity (Wildman–Crippen MR) is 70.9 cm³/mol. The molecule has 2 aliphatic rings. The fourth-order valence-corrected chi connectivity index (χ4v) is 3.16. The zero-order valence-corrected chi connectivity index (χ0v) is 10.4. The average molecular weight is 230 g/mol. The summed E-state index contributed by atoms with van der Waals surface area (Å²) >= 11 is 0. The molecule has 0 aromatic heterocycles. The number of nitrogens with two attached hydrogens (primary N) is 1. The Bertz CT molecular complexity index is 358. The maximum absolute atomic E-state index is 6.29. The number of nitrogens with zero attached hydrogens (tertiary/aromatic N) is 1. The molecule has 1 saturated heterocycles. The highest BCUT2D eigenvalue weighted by Crippen LogP contribution is 2.31. The van der Waals surface area contributed by atoms with Gasteiger partial charge in [-0.25, -0.2) is 0 Å². The van der Waals surface area contributed by atoms with Crippen molar-refractivity contribution in [3.8, 4) is 0 Å². The van der Waals surface area contributed by atoms with Crippen molar-refractivity contribution in [3.05, 3.63) is 35.9 Å². The summed E-state index contributed by atoms with van der Waals surface area (Å²) in [5.74, 6) is 1.49. The summed E-state index contributed by atoms with van der Waals surface area (Å²) in [6.45, 7) is 3.51. The Morgan fingerprint density at radius 1 is 1.12 bits per heavy atom. The van der Waals surface area contributed by atoms with E-state index in [9.17, 15) is 0 Å². The first kappa shape index (κ1) is 11.2. The lowest BCUT2D eigenvalue weighted by Gasteiger charge is -2.30. The second-order valence-electron chi connectivity index (χ2n) is 5.70. The van der Waals surface area contributed by atoms with Gasteiger partial charge >= 0.3 is 0 Å². The summed E-state index contributed by atoms with van der Waals surface area (Å²) in [4.78, 5) is 2.58.